The number of piperidine rings is 1. The van der Waals surface area contributed by atoms with E-state index in [-0.39, 0.29) is 5.91 Å². The summed E-state index contributed by atoms with van der Waals surface area (Å²) in [6, 6.07) is 6.50. The van der Waals surface area contributed by atoms with Gasteiger partial charge in [-0.15, -0.1) is 0 Å². The highest BCUT2D eigenvalue weighted by Crippen LogP contribution is 2.44. The fourth-order valence-corrected chi connectivity index (χ4v) is 4.87. The van der Waals surface area contributed by atoms with Gasteiger partial charge in [0.2, 0.25) is 6.29 Å². The summed E-state index contributed by atoms with van der Waals surface area (Å²) < 4.78 is 35.4. The lowest BCUT2D eigenvalue weighted by atomic mass is 10.0. The molecule has 4 aliphatic heterocycles. The number of ether oxygens (including phenoxy) is 6. The highest BCUT2D eigenvalue weighted by atomic mass is 16.9. The number of amides is 1. The van der Waals surface area contributed by atoms with Crippen molar-refractivity contribution in [2.24, 2.45) is 0 Å². The van der Waals surface area contributed by atoms with Crippen LogP contribution in [0.2, 0.25) is 0 Å². The van der Waals surface area contributed by atoms with E-state index in [9.17, 15) is 9.59 Å². The zero-order chi connectivity index (χ0) is 23.4. The second-order valence-corrected chi connectivity index (χ2v) is 9.87. The zero-order valence-corrected chi connectivity index (χ0v) is 19.4. The Morgan fingerprint density at radius 3 is 2.09 bits per heavy atom. The highest BCUT2D eigenvalue weighted by molar-refractivity contribution is 5.96. The molecule has 0 N–H and O–H groups in total. The fraction of sp³-hybridized carbons (Fsp3) is 0.667. The summed E-state index contributed by atoms with van der Waals surface area (Å²) in [4.78, 5) is 27.4. The normalized spacial score (nSPS) is 34.4. The maximum absolute atomic E-state index is 12.9. The first-order chi connectivity index (χ1) is 15.6. The molecule has 33 heavy (non-hydrogen) atoms. The van der Waals surface area contributed by atoms with Crippen LogP contribution >= 0.6 is 0 Å². The molecular formula is C24H31NO8. The van der Waals surface area contributed by atoms with Gasteiger partial charge in [-0.05, 0) is 71.2 Å². The fourth-order valence-electron chi connectivity index (χ4n) is 4.87. The first kappa shape index (κ1) is 22.7. The summed E-state index contributed by atoms with van der Waals surface area (Å²) in [5.41, 5.74) is 0.868. The first-order valence-electron chi connectivity index (χ1n) is 11.6. The Bertz CT molecular complexity index is 908. The standard InChI is InChI=1S/C24H31NO8/c1-23(2)30-16-17(31-23)21(29-22-18(16)32-24(3,4)33-22)28-20(27)15-10-8-14(9-11-15)19(26)25-12-6-5-7-13-25/h8-11,16-18,21-22H,5-7,12-13H2,1-4H3/t16-,17+,18+,21-,22+/m0/s1. The van der Waals surface area contributed by atoms with Gasteiger partial charge in [0.15, 0.2) is 24.0 Å². The molecule has 0 saturated carbocycles. The number of hydrogen-bond donors (Lipinski definition) is 0. The van der Waals surface area contributed by atoms with E-state index >= 15 is 0 Å². The molecule has 4 heterocycles. The van der Waals surface area contributed by atoms with Crippen LogP contribution in [-0.4, -0.2) is 72.3 Å². The average Bonchev–Trinajstić information content (AvgIpc) is 3.28. The summed E-state index contributed by atoms with van der Waals surface area (Å²) in [7, 11) is 0. The van der Waals surface area contributed by atoms with Crippen molar-refractivity contribution >= 4 is 11.9 Å². The molecule has 1 aromatic rings. The van der Waals surface area contributed by atoms with Gasteiger partial charge in [-0.2, -0.15) is 0 Å². The van der Waals surface area contributed by atoms with Crippen molar-refractivity contribution in [3.8, 4) is 0 Å². The molecule has 4 aliphatic rings. The summed E-state index contributed by atoms with van der Waals surface area (Å²) in [6.45, 7) is 8.70. The molecule has 4 saturated heterocycles. The minimum absolute atomic E-state index is 0.0150. The Kier molecular flexibility index (Phi) is 5.73. The SMILES string of the molecule is CC1(C)O[C@H]2O[C@H](OC(=O)c3ccc(C(=O)N4CCCCC4)cc3)[C@@H]3OC(C)(C)O[C@@H]3[C@H]2O1. The number of nitrogens with zero attached hydrogens (tertiary/aromatic N) is 1. The van der Waals surface area contributed by atoms with Gasteiger partial charge < -0.3 is 33.3 Å². The number of hydrogen-bond acceptors (Lipinski definition) is 8. The number of fused-ring (bicyclic) bond motifs is 3. The minimum Gasteiger partial charge on any atom is -0.429 e. The third kappa shape index (κ3) is 4.52. The van der Waals surface area contributed by atoms with Crippen molar-refractivity contribution in [2.75, 3.05) is 13.1 Å². The van der Waals surface area contributed by atoms with Crippen LogP contribution in [-0.2, 0) is 28.4 Å². The quantitative estimate of drug-likeness (QED) is 0.635. The molecule has 0 spiro atoms. The zero-order valence-electron chi connectivity index (χ0n) is 19.4. The lowest BCUT2D eigenvalue weighted by Gasteiger charge is -2.36. The number of benzene rings is 1. The summed E-state index contributed by atoms with van der Waals surface area (Å²) in [5.74, 6) is -2.34. The number of esters is 1. The van der Waals surface area contributed by atoms with E-state index in [0.717, 1.165) is 32.4 Å². The smallest absolute Gasteiger partial charge is 0.340 e. The molecule has 5 rings (SSSR count). The van der Waals surface area contributed by atoms with Gasteiger partial charge in [-0.25, -0.2) is 4.79 Å². The van der Waals surface area contributed by atoms with Crippen LogP contribution < -0.4 is 0 Å². The Labute approximate surface area is 193 Å². The number of carbonyl (C=O) groups excluding carboxylic acids is 2. The van der Waals surface area contributed by atoms with Gasteiger partial charge in [-0.3, -0.25) is 4.79 Å². The molecule has 1 aromatic carbocycles. The van der Waals surface area contributed by atoms with Gasteiger partial charge in [0, 0.05) is 18.7 Å². The average molecular weight is 462 g/mol. The monoisotopic (exact) mass is 461 g/mol. The number of rotatable bonds is 3. The maximum atomic E-state index is 12.9. The van der Waals surface area contributed by atoms with E-state index in [1.807, 2.05) is 4.90 Å². The van der Waals surface area contributed by atoms with Gasteiger partial charge in [0.25, 0.3) is 5.91 Å². The van der Waals surface area contributed by atoms with E-state index < -0.39 is 48.4 Å². The minimum atomic E-state index is -1.03. The Balaban J connectivity index is 1.28. The highest BCUT2D eigenvalue weighted by Gasteiger charge is 2.61. The van der Waals surface area contributed by atoms with Crippen LogP contribution in [0.15, 0.2) is 24.3 Å². The number of carbonyl (C=O) groups is 2. The Morgan fingerprint density at radius 2 is 1.39 bits per heavy atom. The maximum Gasteiger partial charge on any atom is 0.340 e. The van der Waals surface area contributed by atoms with Crippen LogP contribution in [0.25, 0.3) is 0 Å². The van der Waals surface area contributed by atoms with E-state index in [1.54, 1.807) is 52.0 Å². The third-order valence-corrected chi connectivity index (χ3v) is 6.35. The summed E-state index contributed by atoms with van der Waals surface area (Å²) in [5, 5.41) is 0. The van der Waals surface area contributed by atoms with Crippen molar-refractivity contribution in [1.82, 2.24) is 4.90 Å². The number of likely N-dealkylation sites (tertiary alicyclic amines) is 1. The summed E-state index contributed by atoms with van der Waals surface area (Å²) >= 11 is 0. The predicted molar refractivity (Wildman–Crippen MR) is 114 cm³/mol. The van der Waals surface area contributed by atoms with E-state index in [1.165, 1.54) is 0 Å². The van der Waals surface area contributed by atoms with Crippen molar-refractivity contribution in [2.45, 2.75) is 89.4 Å². The molecular weight excluding hydrogens is 430 g/mol. The van der Waals surface area contributed by atoms with Gasteiger partial charge >= 0.3 is 5.97 Å². The third-order valence-electron chi connectivity index (χ3n) is 6.35. The van der Waals surface area contributed by atoms with Gasteiger partial charge in [-0.1, -0.05) is 0 Å². The molecule has 5 atom stereocenters. The van der Waals surface area contributed by atoms with Crippen molar-refractivity contribution < 1.29 is 38.0 Å². The van der Waals surface area contributed by atoms with Crippen LogP contribution in [0.4, 0.5) is 0 Å². The lowest BCUT2D eigenvalue weighted by Crippen LogP contribution is -2.56. The first-order valence-corrected chi connectivity index (χ1v) is 11.6. The Morgan fingerprint density at radius 1 is 0.818 bits per heavy atom. The molecule has 0 bridgehead atoms. The Hall–Kier alpha value is -2.04. The molecule has 0 aliphatic carbocycles. The van der Waals surface area contributed by atoms with Crippen LogP contribution in [0.5, 0.6) is 0 Å². The molecule has 0 unspecified atom stereocenters. The molecule has 9 nitrogen and oxygen atoms in total. The van der Waals surface area contributed by atoms with Crippen LogP contribution in [0.3, 0.4) is 0 Å². The molecule has 0 aromatic heterocycles. The van der Waals surface area contributed by atoms with E-state index in [0.29, 0.717) is 11.1 Å². The second kappa shape index (κ2) is 8.32. The van der Waals surface area contributed by atoms with Crippen LogP contribution in [0, 0.1) is 0 Å². The second-order valence-electron chi connectivity index (χ2n) is 9.87. The molecule has 180 valence electrons. The van der Waals surface area contributed by atoms with Crippen molar-refractivity contribution in [3.05, 3.63) is 35.4 Å². The topological polar surface area (TPSA) is 92.8 Å². The molecule has 9 heteroatoms. The predicted octanol–water partition coefficient (Wildman–Crippen LogP) is 2.82. The molecule has 4 fully saturated rings. The van der Waals surface area contributed by atoms with E-state index in [4.69, 9.17) is 28.4 Å². The van der Waals surface area contributed by atoms with Crippen LogP contribution in [0.1, 0.15) is 67.7 Å². The largest absolute Gasteiger partial charge is 0.429 e. The van der Waals surface area contributed by atoms with E-state index in [2.05, 4.69) is 0 Å². The molecule has 0 radical (unpaired) electrons. The van der Waals surface area contributed by atoms with Gasteiger partial charge in [0.1, 0.15) is 12.2 Å². The van der Waals surface area contributed by atoms with Crippen molar-refractivity contribution in [3.63, 3.8) is 0 Å². The van der Waals surface area contributed by atoms with Crippen molar-refractivity contribution in [1.29, 1.82) is 0 Å². The van der Waals surface area contributed by atoms with Gasteiger partial charge in [0.05, 0.1) is 5.56 Å². The summed E-state index contributed by atoms with van der Waals surface area (Å²) in [6.07, 6.45) is -0.250. The molecule has 1 amide bonds. The lowest BCUT2D eigenvalue weighted by molar-refractivity contribution is -0.288.